The monoisotopic (exact) mass is 238 g/mol. The van der Waals surface area contributed by atoms with Gasteiger partial charge in [0.2, 0.25) is 0 Å². The second-order valence-corrected chi connectivity index (χ2v) is 4.59. The Morgan fingerprint density at radius 3 is 2.29 bits per heavy atom. The van der Waals surface area contributed by atoms with Gasteiger partial charge in [0.1, 0.15) is 0 Å². The number of piperidine rings is 1. The van der Waals surface area contributed by atoms with Crippen LogP contribution in [0.3, 0.4) is 0 Å². The lowest BCUT2D eigenvalue weighted by atomic mass is 9.97. The van der Waals surface area contributed by atoms with Crippen LogP contribution in [0.5, 0.6) is 0 Å². The second kappa shape index (κ2) is 5.21. The van der Waals surface area contributed by atoms with Crippen molar-refractivity contribution < 1.29 is 14.7 Å². The zero-order chi connectivity index (χ0) is 12.3. The van der Waals surface area contributed by atoms with E-state index in [4.69, 9.17) is 5.11 Å². The van der Waals surface area contributed by atoms with Crippen molar-refractivity contribution in [1.82, 2.24) is 9.80 Å². The molecule has 0 unspecified atom stereocenters. The van der Waals surface area contributed by atoms with Gasteiger partial charge >= 0.3 is 12.0 Å². The number of carboxylic acids is 1. The standard InChI is InChI=1S/C12H18N2O3/c15-11(16)10-4-8-14(9-5-10)12(17)13-6-2-1-3-7-13/h1-2,10H,3-9H2,(H,15,16). The van der Waals surface area contributed by atoms with Crippen molar-refractivity contribution in [1.29, 1.82) is 0 Å². The van der Waals surface area contributed by atoms with E-state index in [1.807, 2.05) is 11.0 Å². The van der Waals surface area contributed by atoms with Crippen LogP contribution in [0.15, 0.2) is 12.2 Å². The Morgan fingerprint density at radius 2 is 1.76 bits per heavy atom. The summed E-state index contributed by atoms with van der Waals surface area (Å²) in [5.41, 5.74) is 0. The minimum atomic E-state index is -0.738. The van der Waals surface area contributed by atoms with Gasteiger partial charge < -0.3 is 14.9 Å². The Hall–Kier alpha value is -1.52. The van der Waals surface area contributed by atoms with Crippen molar-refractivity contribution in [2.45, 2.75) is 19.3 Å². The molecule has 1 saturated heterocycles. The molecule has 2 aliphatic heterocycles. The first kappa shape index (κ1) is 12.0. The Bertz CT molecular complexity index is 333. The van der Waals surface area contributed by atoms with Crippen molar-refractivity contribution in [2.24, 2.45) is 5.92 Å². The van der Waals surface area contributed by atoms with Crippen LogP contribution in [0, 0.1) is 5.92 Å². The molecule has 0 bridgehead atoms. The highest BCUT2D eigenvalue weighted by atomic mass is 16.4. The number of rotatable bonds is 1. The summed E-state index contributed by atoms with van der Waals surface area (Å²) >= 11 is 0. The summed E-state index contributed by atoms with van der Waals surface area (Å²) in [4.78, 5) is 26.5. The zero-order valence-corrected chi connectivity index (χ0v) is 9.84. The first-order chi connectivity index (χ1) is 8.18. The molecule has 5 nitrogen and oxygen atoms in total. The van der Waals surface area contributed by atoms with E-state index in [2.05, 4.69) is 6.08 Å². The lowest BCUT2D eigenvalue weighted by Crippen LogP contribution is -2.48. The van der Waals surface area contributed by atoms with E-state index in [-0.39, 0.29) is 11.9 Å². The van der Waals surface area contributed by atoms with E-state index < -0.39 is 5.97 Å². The largest absolute Gasteiger partial charge is 0.481 e. The molecule has 94 valence electrons. The fourth-order valence-electron chi connectivity index (χ4n) is 2.33. The third-order valence-electron chi connectivity index (χ3n) is 3.44. The molecule has 2 rings (SSSR count). The number of carbonyl (C=O) groups excluding carboxylic acids is 1. The van der Waals surface area contributed by atoms with Crippen molar-refractivity contribution in [2.75, 3.05) is 26.2 Å². The van der Waals surface area contributed by atoms with Crippen LogP contribution in [0.1, 0.15) is 19.3 Å². The molecule has 0 radical (unpaired) electrons. The van der Waals surface area contributed by atoms with Gasteiger partial charge in [0.05, 0.1) is 5.92 Å². The van der Waals surface area contributed by atoms with E-state index in [1.54, 1.807) is 4.90 Å². The topological polar surface area (TPSA) is 60.9 Å². The summed E-state index contributed by atoms with van der Waals surface area (Å²) in [6.07, 6.45) is 6.15. The van der Waals surface area contributed by atoms with Crippen LogP contribution in [0.25, 0.3) is 0 Å². The fraction of sp³-hybridized carbons (Fsp3) is 0.667. The lowest BCUT2D eigenvalue weighted by molar-refractivity contribution is -0.143. The van der Waals surface area contributed by atoms with E-state index >= 15 is 0 Å². The number of nitrogens with zero attached hydrogens (tertiary/aromatic N) is 2. The highest BCUT2D eigenvalue weighted by Gasteiger charge is 2.29. The van der Waals surface area contributed by atoms with Gasteiger partial charge in [0.15, 0.2) is 0 Å². The predicted molar refractivity (Wildman–Crippen MR) is 62.7 cm³/mol. The number of aliphatic carboxylic acids is 1. The first-order valence-electron chi connectivity index (χ1n) is 6.10. The summed E-state index contributed by atoms with van der Waals surface area (Å²) in [5.74, 6) is -1.02. The molecule has 2 heterocycles. The Balaban J connectivity index is 1.85. The average molecular weight is 238 g/mol. The minimum absolute atomic E-state index is 0.0539. The van der Waals surface area contributed by atoms with Crippen LogP contribution in [-0.4, -0.2) is 53.1 Å². The molecule has 5 heteroatoms. The molecule has 2 aliphatic rings. The maximum absolute atomic E-state index is 12.1. The zero-order valence-electron chi connectivity index (χ0n) is 9.84. The van der Waals surface area contributed by atoms with Gasteiger partial charge in [0, 0.05) is 26.2 Å². The fourth-order valence-corrected chi connectivity index (χ4v) is 2.33. The molecule has 17 heavy (non-hydrogen) atoms. The summed E-state index contributed by atoms with van der Waals surface area (Å²) in [5, 5.41) is 8.89. The molecular weight excluding hydrogens is 220 g/mol. The van der Waals surface area contributed by atoms with E-state index in [1.165, 1.54) is 0 Å². The van der Waals surface area contributed by atoms with Crippen molar-refractivity contribution in [3.63, 3.8) is 0 Å². The highest BCUT2D eigenvalue weighted by molar-refractivity contribution is 5.76. The van der Waals surface area contributed by atoms with Crippen LogP contribution >= 0.6 is 0 Å². The number of hydrogen-bond donors (Lipinski definition) is 1. The highest BCUT2D eigenvalue weighted by Crippen LogP contribution is 2.19. The van der Waals surface area contributed by atoms with Gasteiger partial charge in [-0.3, -0.25) is 4.79 Å². The van der Waals surface area contributed by atoms with Gasteiger partial charge in [-0.05, 0) is 19.3 Å². The van der Waals surface area contributed by atoms with Gasteiger partial charge in [-0.2, -0.15) is 0 Å². The van der Waals surface area contributed by atoms with Gasteiger partial charge in [-0.1, -0.05) is 12.2 Å². The van der Waals surface area contributed by atoms with Gasteiger partial charge in [-0.15, -0.1) is 0 Å². The molecular formula is C12H18N2O3. The van der Waals surface area contributed by atoms with Gasteiger partial charge in [0.25, 0.3) is 0 Å². The molecule has 1 fully saturated rings. The molecule has 1 N–H and O–H groups in total. The first-order valence-corrected chi connectivity index (χ1v) is 6.10. The quantitative estimate of drug-likeness (QED) is 0.697. The van der Waals surface area contributed by atoms with Crippen LogP contribution in [0.4, 0.5) is 4.79 Å². The molecule has 0 aromatic rings. The van der Waals surface area contributed by atoms with Crippen LogP contribution in [0.2, 0.25) is 0 Å². The second-order valence-electron chi connectivity index (χ2n) is 4.59. The van der Waals surface area contributed by atoms with E-state index in [9.17, 15) is 9.59 Å². The van der Waals surface area contributed by atoms with Gasteiger partial charge in [-0.25, -0.2) is 4.79 Å². The normalized spacial score (nSPS) is 21.6. The number of hydrogen-bond acceptors (Lipinski definition) is 2. The Kier molecular flexibility index (Phi) is 3.66. The van der Waals surface area contributed by atoms with Crippen LogP contribution in [-0.2, 0) is 4.79 Å². The molecule has 0 aromatic heterocycles. The molecule has 2 amide bonds. The number of likely N-dealkylation sites (tertiary alicyclic amines) is 1. The summed E-state index contributed by atoms with van der Waals surface area (Å²) < 4.78 is 0. The van der Waals surface area contributed by atoms with E-state index in [0.717, 1.165) is 13.0 Å². The maximum atomic E-state index is 12.1. The number of carbonyl (C=O) groups is 2. The smallest absolute Gasteiger partial charge is 0.320 e. The number of amides is 2. The maximum Gasteiger partial charge on any atom is 0.320 e. The Labute approximate surface area is 101 Å². The van der Waals surface area contributed by atoms with Crippen molar-refractivity contribution in [3.8, 4) is 0 Å². The molecule has 0 atom stereocenters. The average Bonchev–Trinajstić information content (AvgIpc) is 2.39. The third-order valence-corrected chi connectivity index (χ3v) is 3.44. The molecule has 0 saturated carbocycles. The summed E-state index contributed by atoms with van der Waals surface area (Å²) in [6, 6.07) is 0.0539. The van der Waals surface area contributed by atoms with E-state index in [0.29, 0.717) is 32.5 Å². The Morgan fingerprint density at radius 1 is 1.06 bits per heavy atom. The lowest BCUT2D eigenvalue weighted by Gasteiger charge is -2.35. The van der Waals surface area contributed by atoms with Crippen molar-refractivity contribution >= 4 is 12.0 Å². The van der Waals surface area contributed by atoms with Crippen LogP contribution < -0.4 is 0 Å². The van der Waals surface area contributed by atoms with Crippen molar-refractivity contribution in [3.05, 3.63) is 12.2 Å². The summed E-state index contributed by atoms with van der Waals surface area (Å²) in [6.45, 7) is 2.58. The molecule has 0 spiro atoms. The molecule has 0 aliphatic carbocycles. The predicted octanol–water partition coefficient (Wildman–Crippen LogP) is 1.16. The third kappa shape index (κ3) is 2.78. The minimum Gasteiger partial charge on any atom is -0.481 e. The molecule has 0 aromatic carbocycles. The SMILES string of the molecule is O=C(O)C1CCN(C(=O)N2CC=CCC2)CC1. The number of carboxylic acid groups (broad SMARTS) is 1. The number of urea groups is 1. The summed E-state index contributed by atoms with van der Waals surface area (Å²) in [7, 11) is 0.